The van der Waals surface area contributed by atoms with Crippen LogP contribution >= 0.6 is 11.6 Å². The van der Waals surface area contributed by atoms with Crippen molar-refractivity contribution in [2.45, 2.75) is 12.5 Å². The van der Waals surface area contributed by atoms with E-state index in [9.17, 15) is 13.2 Å². The molecule has 1 atom stereocenters. The summed E-state index contributed by atoms with van der Waals surface area (Å²) in [6.45, 7) is 4.55. The van der Waals surface area contributed by atoms with Gasteiger partial charge in [-0.3, -0.25) is 9.35 Å². The largest absolute Gasteiger partial charge is 0.399 e. The molecule has 5 nitrogen and oxygen atoms in total. The van der Waals surface area contributed by atoms with Crippen molar-refractivity contribution in [1.29, 1.82) is 0 Å². The first-order valence-electron chi connectivity index (χ1n) is 2.73. The van der Waals surface area contributed by atoms with Crippen LogP contribution in [0.1, 0.15) is 6.92 Å². The fourth-order valence-corrected chi connectivity index (χ4v) is 1.11. The van der Waals surface area contributed by atoms with E-state index in [1.807, 2.05) is 0 Å². The Labute approximate surface area is 74.9 Å². The van der Waals surface area contributed by atoms with Crippen LogP contribution in [0.15, 0.2) is 12.2 Å². The molecule has 0 aromatic carbocycles. The van der Waals surface area contributed by atoms with Crippen molar-refractivity contribution < 1.29 is 21.9 Å². The summed E-state index contributed by atoms with van der Waals surface area (Å²) in [6, 6.07) is 0. The Kier molecular flexibility index (Phi) is 3.85. The van der Waals surface area contributed by atoms with Gasteiger partial charge in [-0.05, 0) is 12.5 Å². The van der Waals surface area contributed by atoms with Crippen molar-refractivity contribution in [2.75, 3.05) is 0 Å². The molecule has 1 N–H and O–H groups in total. The molecule has 70 valence electrons. The number of alkyl halides is 1. The Hall–Kier alpha value is -0.430. The molecule has 0 bridgehead atoms. The van der Waals surface area contributed by atoms with Gasteiger partial charge in [0.05, 0.1) is 0 Å². The summed E-state index contributed by atoms with van der Waals surface area (Å²) in [5.41, 5.74) is -1.71. The second kappa shape index (κ2) is 3.99. The van der Waals surface area contributed by atoms with E-state index < -0.39 is 21.7 Å². The number of ketones is 1. The summed E-state index contributed by atoms with van der Waals surface area (Å²) >= 11 is 5.14. The van der Waals surface area contributed by atoms with Gasteiger partial charge in [-0.1, -0.05) is 18.2 Å². The molecule has 7 heteroatoms. The van der Waals surface area contributed by atoms with Crippen LogP contribution in [0.3, 0.4) is 0 Å². The molecular weight excluding hydrogens is 208 g/mol. The predicted octanol–water partition coefficient (Wildman–Crippen LogP) is 0.516. The molecule has 0 spiro atoms. The molecule has 0 heterocycles. The molecule has 0 aliphatic heterocycles. The lowest BCUT2D eigenvalue weighted by Gasteiger charge is -2.05. The van der Waals surface area contributed by atoms with Crippen LogP contribution in [0.4, 0.5) is 0 Å². The van der Waals surface area contributed by atoms with Crippen LogP contribution in [0.2, 0.25) is 0 Å². The average Bonchev–Trinajstić information content (AvgIpc) is 1.82. The molecule has 1 unspecified atom stereocenters. The van der Waals surface area contributed by atoms with Gasteiger partial charge in [0.1, 0.15) is 0 Å². The second-order valence-corrected chi connectivity index (χ2v) is 3.43. The Bertz CT molecular complexity index is 293. The Morgan fingerprint density at radius 1 is 1.67 bits per heavy atom. The van der Waals surface area contributed by atoms with Crippen molar-refractivity contribution in [3.8, 4) is 0 Å². The molecule has 0 radical (unpaired) electrons. The first kappa shape index (κ1) is 11.6. The van der Waals surface area contributed by atoms with E-state index in [1.165, 1.54) is 6.92 Å². The third-order valence-electron chi connectivity index (χ3n) is 0.833. The lowest BCUT2D eigenvalue weighted by Crippen LogP contribution is -2.22. The van der Waals surface area contributed by atoms with E-state index in [2.05, 4.69) is 10.8 Å². The van der Waals surface area contributed by atoms with Crippen molar-refractivity contribution in [3.63, 3.8) is 0 Å². The highest BCUT2D eigenvalue weighted by Crippen LogP contribution is 2.08. The van der Waals surface area contributed by atoms with Gasteiger partial charge < -0.3 is 0 Å². The van der Waals surface area contributed by atoms with Crippen LogP contribution in [0.5, 0.6) is 0 Å². The number of rotatable bonds is 4. The van der Waals surface area contributed by atoms with Crippen LogP contribution in [0.25, 0.3) is 0 Å². The topological polar surface area (TPSA) is 80.7 Å². The third kappa shape index (κ3) is 4.45. The number of Topliss-reactive ketones (excluding diaryl/α,β-unsaturated/α-hetero) is 1. The van der Waals surface area contributed by atoms with Crippen LogP contribution in [-0.2, 0) is 19.4 Å². The van der Waals surface area contributed by atoms with Crippen LogP contribution in [-0.4, -0.2) is 24.3 Å². The van der Waals surface area contributed by atoms with Crippen molar-refractivity contribution in [1.82, 2.24) is 0 Å². The smallest absolute Gasteiger partial charge is 0.290 e. The maximum absolute atomic E-state index is 10.8. The molecule has 0 saturated carbocycles. The molecule has 0 aliphatic rings. The highest BCUT2D eigenvalue weighted by Gasteiger charge is 2.22. The van der Waals surface area contributed by atoms with Crippen LogP contribution < -0.4 is 0 Å². The fraction of sp³-hybridized carbons (Fsp3) is 0.400. The quantitative estimate of drug-likeness (QED) is 0.419. The van der Waals surface area contributed by atoms with Crippen molar-refractivity contribution in [3.05, 3.63) is 12.2 Å². The zero-order valence-electron chi connectivity index (χ0n) is 6.15. The Morgan fingerprint density at radius 2 is 2.08 bits per heavy atom. The number of hydrogen-bond donors (Lipinski definition) is 1. The number of carbonyl (C=O) groups excluding carboxylic acids is 1. The lowest BCUT2D eigenvalue weighted by atomic mass is 10.2. The maximum Gasteiger partial charge on any atom is 0.399 e. The highest BCUT2D eigenvalue weighted by atomic mass is 35.5. The summed E-state index contributed by atoms with van der Waals surface area (Å²) in [7, 11) is -4.70. The Balaban J connectivity index is 4.34. The SMILES string of the molecule is C=C(C)C(=O)C(Cl)OS(=O)(=O)O. The van der Waals surface area contributed by atoms with E-state index in [-0.39, 0.29) is 5.57 Å². The summed E-state index contributed by atoms with van der Waals surface area (Å²) in [5.74, 6) is -0.797. The van der Waals surface area contributed by atoms with E-state index in [0.29, 0.717) is 0 Å². The van der Waals surface area contributed by atoms with Gasteiger partial charge in [-0.2, -0.15) is 8.42 Å². The Morgan fingerprint density at radius 3 is 2.33 bits per heavy atom. The molecule has 0 rings (SSSR count). The van der Waals surface area contributed by atoms with E-state index in [1.54, 1.807) is 0 Å². The van der Waals surface area contributed by atoms with Gasteiger partial charge in [0.15, 0.2) is 0 Å². The molecule has 0 amide bonds. The monoisotopic (exact) mass is 214 g/mol. The van der Waals surface area contributed by atoms with E-state index >= 15 is 0 Å². The summed E-state index contributed by atoms with van der Waals surface area (Å²) < 4.78 is 31.9. The van der Waals surface area contributed by atoms with Gasteiger partial charge in [-0.25, -0.2) is 4.18 Å². The summed E-state index contributed by atoms with van der Waals surface area (Å²) in [5, 5.41) is 0. The predicted molar refractivity (Wildman–Crippen MR) is 42.1 cm³/mol. The second-order valence-electron chi connectivity index (χ2n) is 1.98. The van der Waals surface area contributed by atoms with Crippen LogP contribution in [0, 0.1) is 0 Å². The van der Waals surface area contributed by atoms with Gasteiger partial charge >= 0.3 is 10.4 Å². The van der Waals surface area contributed by atoms with Gasteiger partial charge in [-0.15, -0.1) is 0 Å². The fourth-order valence-electron chi connectivity index (χ4n) is 0.344. The van der Waals surface area contributed by atoms with Crippen molar-refractivity contribution >= 4 is 27.8 Å². The van der Waals surface area contributed by atoms with E-state index in [0.717, 1.165) is 0 Å². The zero-order chi connectivity index (χ0) is 9.94. The zero-order valence-corrected chi connectivity index (χ0v) is 7.72. The number of carbonyl (C=O) groups is 1. The van der Waals surface area contributed by atoms with Gasteiger partial charge in [0.2, 0.25) is 11.3 Å². The van der Waals surface area contributed by atoms with Crippen molar-refractivity contribution in [2.24, 2.45) is 0 Å². The minimum atomic E-state index is -4.70. The standard InChI is InChI=1S/C5H7ClO5S/c1-3(2)4(7)5(6)11-12(8,9)10/h5H,1H2,2H3,(H,8,9,10). The number of hydrogen-bond acceptors (Lipinski definition) is 4. The molecule has 0 aliphatic carbocycles. The van der Waals surface area contributed by atoms with Gasteiger partial charge in [0, 0.05) is 0 Å². The lowest BCUT2D eigenvalue weighted by molar-refractivity contribution is -0.119. The number of halogens is 1. The molecule has 0 aromatic rings. The normalized spacial score (nSPS) is 13.9. The van der Waals surface area contributed by atoms with E-state index in [4.69, 9.17) is 16.2 Å². The molecule has 0 fully saturated rings. The first-order chi connectivity index (χ1) is 5.24. The molecular formula is C5H7ClO5S. The van der Waals surface area contributed by atoms with Gasteiger partial charge in [0.25, 0.3) is 0 Å². The average molecular weight is 215 g/mol. The molecule has 0 saturated heterocycles. The maximum atomic E-state index is 10.8. The molecule has 12 heavy (non-hydrogen) atoms. The third-order valence-corrected chi connectivity index (χ3v) is 1.66. The summed E-state index contributed by atoms with van der Waals surface area (Å²) in [6.07, 6.45) is 0. The molecule has 0 aromatic heterocycles. The summed E-state index contributed by atoms with van der Waals surface area (Å²) in [4.78, 5) is 10.8. The highest BCUT2D eigenvalue weighted by molar-refractivity contribution is 7.81. The minimum absolute atomic E-state index is 0.0404. The minimum Gasteiger partial charge on any atom is -0.290 e. The first-order valence-corrected chi connectivity index (χ1v) is 4.53.